The van der Waals surface area contributed by atoms with Gasteiger partial charge in [0.2, 0.25) is 0 Å². The summed E-state index contributed by atoms with van der Waals surface area (Å²) in [6, 6.07) is 21.2. The van der Waals surface area contributed by atoms with Crippen LogP contribution in [0.1, 0.15) is 71.4 Å². The van der Waals surface area contributed by atoms with Crippen molar-refractivity contribution in [3.63, 3.8) is 0 Å². The van der Waals surface area contributed by atoms with E-state index in [9.17, 15) is 9.59 Å². The predicted molar refractivity (Wildman–Crippen MR) is 117 cm³/mol. The van der Waals surface area contributed by atoms with Crippen LogP contribution in [0.25, 0.3) is 0 Å². The molecule has 0 fully saturated rings. The fourth-order valence-corrected chi connectivity index (χ4v) is 2.95. The first-order valence-corrected chi connectivity index (χ1v) is 10.1. The van der Waals surface area contributed by atoms with E-state index >= 15 is 0 Å². The van der Waals surface area contributed by atoms with Gasteiger partial charge in [0.1, 0.15) is 11.5 Å². The summed E-state index contributed by atoms with van der Waals surface area (Å²) in [7, 11) is 0. The Morgan fingerprint density at radius 2 is 0.967 bits per heavy atom. The summed E-state index contributed by atoms with van der Waals surface area (Å²) in [6.45, 7) is 8.41. The highest BCUT2D eigenvalue weighted by atomic mass is 16.5. The van der Waals surface area contributed by atoms with Crippen molar-refractivity contribution in [3.05, 3.63) is 95.1 Å². The SMILES string of the molecule is CC(C)c1ccc(OC(=O)c2cccc(C(=O)Oc3ccc(C(C)C)cc3)c2)cc1. The normalized spacial score (nSPS) is 10.9. The van der Waals surface area contributed by atoms with Gasteiger partial charge in [-0.1, -0.05) is 58.0 Å². The van der Waals surface area contributed by atoms with Crippen molar-refractivity contribution in [2.75, 3.05) is 0 Å². The van der Waals surface area contributed by atoms with Crippen molar-refractivity contribution >= 4 is 11.9 Å². The minimum absolute atomic E-state index is 0.285. The van der Waals surface area contributed by atoms with Crippen LogP contribution in [0.4, 0.5) is 0 Å². The fraction of sp³-hybridized carbons (Fsp3) is 0.231. The molecule has 154 valence electrons. The average molecular weight is 402 g/mol. The van der Waals surface area contributed by atoms with E-state index in [-0.39, 0.29) is 11.1 Å². The van der Waals surface area contributed by atoms with Crippen LogP contribution in [-0.4, -0.2) is 11.9 Å². The molecule has 0 aromatic heterocycles. The molecule has 4 nitrogen and oxygen atoms in total. The molecule has 0 heterocycles. The molecular formula is C26H26O4. The van der Waals surface area contributed by atoms with Gasteiger partial charge in [0.25, 0.3) is 0 Å². The summed E-state index contributed by atoms with van der Waals surface area (Å²) in [5, 5.41) is 0. The zero-order valence-corrected chi connectivity index (χ0v) is 17.7. The highest BCUT2D eigenvalue weighted by Crippen LogP contribution is 2.21. The van der Waals surface area contributed by atoms with Crippen molar-refractivity contribution < 1.29 is 19.1 Å². The van der Waals surface area contributed by atoms with Crippen molar-refractivity contribution in [1.29, 1.82) is 0 Å². The summed E-state index contributed by atoms with van der Waals surface area (Å²) in [5.74, 6) is 0.676. The van der Waals surface area contributed by atoms with E-state index in [0.29, 0.717) is 23.3 Å². The number of carbonyl (C=O) groups is 2. The second kappa shape index (κ2) is 9.40. The molecule has 4 heteroatoms. The summed E-state index contributed by atoms with van der Waals surface area (Å²) in [5.41, 5.74) is 2.90. The summed E-state index contributed by atoms with van der Waals surface area (Å²) in [6.07, 6.45) is 0. The van der Waals surface area contributed by atoms with Gasteiger partial charge in [-0.25, -0.2) is 9.59 Å². The molecule has 0 N–H and O–H groups in total. The van der Waals surface area contributed by atoms with Gasteiger partial charge in [0, 0.05) is 0 Å². The smallest absolute Gasteiger partial charge is 0.343 e. The molecule has 3 rings (SSSR count). The molecule has 0 atom stereocenters. The van der Waals surface area contributed by atoms with E-state index in [1.165, 1.54) is 17.2 Å². The lowest BCUT2D eigenvalue weighted by Crippen LogP contribution is -2.12. The van der Waals surface area contributed by atoms with Gasteiger partial charge in [-0.3, -0.25) is 0 Å². The van der Waals surface area contributed by atoms with E-state index in [1.807, 2.05) is 24.3 Å². The van der Waals surface area contributed by atoms with E-state index in [4.69, 9.17) is 9.47 Å². The number of rotatable bonds is 6. The molecule has 0 amide bonds. The van der Waals surface area contributed by atoms with Crippen molar-refractivity contribution in [1.82, 2.24) is 0 Å². The summed E-state index contributed by atoms with van der Waals surface area (Å²) < 4.78 is 10.9. The maximum absolute atomic E-state index is 12.5. The Morgan fingerprint density at radius 1 is 0.600 bits per heavy atom. The third kappa shape index (κ3) is 5.35. The van der Waals surface area contributed by atoms with Gasteiger partial charge in [-0.05, 0) is 65.4 Å². The van der Waals surface area contributed by atoms with E-state index in [0.717, 1.165) is 0 Å². The maximum atomic E-state index is 12.5. The highest BCUT2D eigenvalue weighted by molar-refractivity contribution is 5.96. The second-order valence-electron chi connectivity index (χ2n) is 7.81. The number of benzene rings is 3. The van der Waals surface area contributed by atoms with Crippen LogP contribution in [0.5, 0.6) is 11.5 Å². The van der Waals surface area contributed by atoms with Crippen LogP contribution in [-0.2, 0) is 0 Å². The molecule has 0 aliphatic rings. The lowest BCUT2D eigenvalue weighted by atomic mass is 10.0. The van der Waals surface area contributed by atoms with Gasteiger partial charge in [-0.2, -0.15) is 0 Å². The molecule has 0 unspecified atom stereocenters. The first kappa shape index (κ1) is 21.3. The Bertz CT molecular complexity index is 935. The molecule has 3 aromatic rings. The van der Waals surface area contributed by atoms with Gasteiger partial charge in [0.15, 0.2) is 0 Å². The summed E-state index contributed by atoms with van der Waals surface area (Å²) >= 11 is 0. The molecular weight excluding hydrogens is 376 g/mol. The maximum Gasteiger partial charge on any atom is 0.343 e. The van der Waals surface area contributed by atoms with Crippen molar-refractivity contribution in [3.8, 4) is 11.5 Å². The standard InChI is InChI=1S/C26H26O4/c1-17(2)19-8-12-23(13-9-19)29-25(27)21-6-5-7-22(16-21)26(28)30-24-14-10-20(11-15-24)18(3)4/h5-18H,1-4H3. The largest absolute Gasteiger partial charge is 0.423 e. The first-order valence-electron chi connectivity index (χ1n) is 10.1. The molecule has 0 radical (unpaired) electrons. The Kier molecular flexibility index (Phi) is 6.68. The zero-order valence-electron chi connectivity index (χ0n) is 17.7. The number of hydrogen-bond acceptors (Lipinski definition) is 4. The fourth-order valence-electron chi connectivity index (χ4n) is 2.95. The van der Waals surface area contributed by atoms with Crippen LogP contribution in [0.3, 0.4) is 0 Å². The molecule has 0 bridgehead atoms. The number of ether oxygens (including phenoxy) is 2. The third-order valence-electron chi connectivity index (χ3n) is 4.85. The minimum Gasteiger partial charge on any atom is -0.423 e. The van der Waals surface area contributed by atoms with Gasteiger partial charge < -0.3 is 9.47 Å². The Balaban J connectivity index is 1.68. The molecule has 3 aromatic carbocycles. The van der Waals surface area contributed by atoms with Crippen LogP contribution >= 0.6 is 0 Å². The monoisotopic (exact) mass is 402 g/mol. The van der Waals surface area contributed by atoms with E-state index in [1.54, 1.807) is 42.5 Å². The molecule has 0 saturated carbocycles. The third-order valence-corrected chi connectivity index (χ3v) is 4.85. The quantitative estimate of drug-likeness (QED) is 0.355. The van der Waals surface area contributed by atoms with Gasteiger partial charge in [-0.15, -0.1) is 0 Å². The highest BCUT2D eigenvalue weighted by Gasteiger charge is 2.14. The predicted octanol–water partition coefficient (Wildman–Crippen LogP) is 6.37. The van der Waals surface area contributed by atoms with Crippen LogP contribution in [0.15, 0.2) is 72.8 Å². The number of esters is 2. The number of carbonyl (C=O) groups excluding carboxylic acids is 2. The molecule has 30 heavy (non-hydrogen) atoms. The molecule has 0 aliphatic carbocycles. The average Bonchev–Trinajstić information content (AvgIpc) is 2.74. The second-order valence-corrected chi connectivity index (χ2v) is 7.81. The Hall–Kier alpha value is -3.40. The first-order chi connectivity index (χ1) is 14.3. The molecule has 0 saturated heterocycles. The van der Waals surface area contributed by atoms with Crippen LogP contribution in [0.2, 0.25) is 0 Å². The summed E-state index contributed by atoms with van der Waals surface area (Å²) in [4.78, 5) is 25.0. The Labute approximate surface area is 177 Å². The molecule has 0 spiro atoms. The van der Waals surface area contributed by atoms with Crippen LogP contribution < -0.4 is 9.47 Å². The minimum atomic E-state index is -0.525. The molecule has 0 aliphatic heterocycles. The van der Waals surface area contributed by atoms with E-state index in [2.05, 4.69) is 27.7 Å². The van der Waals surface area contributed by atoms with Crippen LogP contribution in [0, 0.1) is 0 Å². The van der Waals surface area contributed by atoms with Crippen molar-refractivity contribution in [2.24, 2.45) is 0 Å². The topological polar surface area (TPSA) is 52.6 Å². The van der Waals surface area contributed by atoms with Gasteiger partial charge in [0.05, 0.1) is 11.1 Å². The Morgan fingerprint density at radius 3 is 1.30 bits per heavy atom. The lowest BCUT2D eigenvalue weighted by molar-refractivity contribution is 0.0734. The number of hydrogen-bond donors (Lipinski definition) is 0. The van der Waals surface area contributed by atoms with Gasteiger partial charge >= 0.3 is 11.9 Å². The van der Waals surface area contributed by atoms with Crippen molar-refractivity contribution in [2.45, 2.75) is 39.5 Å². The lowest BCUT2D eigenvalue weighted by Gasteiger charge is -2.09. The zero-order chi connectivity index (χ0) is 21.7. The van der Waals surface area contributed by atoms with E-state index < -0.39 is 11.9 Å².